The Morgan fingerprint density at radius 1 is 1.44 bits per heavy atom. The molecule has 0 spiro atoms. The summed E-state index contributed by atoms with van der Waals surface area (Å²) in [6, 6.07) is 6.12. The van der Waals surface area contributed by atoms with Crippen LogP contribution in [0.4, 0.5) is 0 Å². The van der Waals surface area contributed by atoms with Gasteiger partial charge in [-0.25, -0.2) is 4.98 Å². The van der Waals surface area contributed by atoms with Crippen molar-refractivity contribution in [3.63, 3.8) is 0 Å². The van der Waals surface area contributed by atoms with Gasteiger partial charge in [-0.05, 0) is 44.6 Å². The molecular weight excluding hydrogens is 224 g/mol. The molecule has 1 unspecified atom stereocenters. The van der Waals surface area contributed by atoms with Gasteiger partial charge in [0.1, 0.15) is 5.65 Å². The van der Waals surface area contributed by atoms with Crippen LogP contribution in [0.15, 0.2) is 30.6 Å². The van der Waals surface area contributed by atoms with Crippen LogP contribution in [0.1, 0.15) is 12.1 Å². The lowest BCUT2D eigenvalue weighted by Crippen LogP contribution is -2.24. The lowest BCUT2D eigenvalue weighted by molar-refractivity contribution is 0.312. The summed E-state index contributed by atoms with van der Waals surface area (Å²) in [6.07, 6.45) is 5.49. The molecule has 0 amide bonds. The minimum absolute atomic E-state index is 0.798. The molecule has 0 bridgehead atoms. The Kier molecular flexibility index (Phi) is 3.30. The van der Waals surface area contributed by atoms with E-state index in [9.17, 15) is 0 Å². The number of fused-ring (bicyclic) bond motifs is 1. The topological polar surface area (TPSA) is 32.6 Å². The van der Waals surface area contributed by atoms with Crippen LogP contribution in [-0.4, -0.2) is 41.0 Å². The zero-order valence-corrected chi connectivity index (χ0v) is 10.8. The van der Waals surface area contributed by atoms with Crippen LogP contribution in [-0.2, 0) is 6.54 Å². The van der Waals surface area contributed by atoms with Gasteiger partial charge in [0.05, 0.1) is 5.69 Å². The number of rotatable bonds is 4. The quantitative estimate of drug-likeness (QED) is 0.882. The summed E-state index contributed by atoms with van der Waals surface area (Å²) in [6.45, 7) is 4.48. The van der Waals surface area contributed by atoms with Gasteiger partial charge in [-0.3, -0.25) is 4.90 Å². The van der Waals surface area contributed by atoms with Crippen LogP contribution in [0.25, 0.3) is 5.65 Å². The summed E-state index contributed by atoms with van der Waals surface area (Å²) in [4.78, 5) is 7.16. The van der Waals surface area contributed by atoms with Crippen LogP contribution in [0.2, 0.25) is 0 Å². The van der Waals surface area contributed by atoms with Gasteiger partial charge in [-0.15, -0.1) is 0 Å². The van der Waals surface area contributed by atoms with Crippen molar-refractivity contribution in [2.75, 3.05) is 26.7 Å². The van der Waals surface area contributed by atoms with E-state index >= 15 is 0 Å². The summed E-state index contributed by atoms with van der Waals surface area (Å²) < 4.78 is 2.09. The third kappa shape index (κ3) is 2.40. The van der Waals surface area contributed by atoms with Crippen LogP contribution >= 0.6 is 0 Å². The van der Waals surface area contributed by atoms with Crippen molar-refractivity contribution >= 4 is 5.65 Å². The van der Waals surface area contributed by atoms with E-state index in [1.165, 1.54) is 25.2 Å². The summed E-state index contributed by atoms with van der Waals surface area (Å²) >= 11 is 0. The third-order valence-corrected chi connectivity index (χ3v) is 3.66. The number of imidazole rings is 1. The Balaban J connectivity index is 1.66. The molecule has 1 aliphatic rings. The van der Waals surface area contributed by atoms with Crippen molar-refractivity contribution < 1.29 is 0 Å². The first-order valence-corrected chi connectivity index (χ1v) is 6.65. The highest BCUT2D eigenvalue weighted by atomic mass is 15.2. The largest absolute Gasteiger partial charge is 0.319 e. The van der Waals surface area contributed by atoms with E-state index in [1.807, 2.05) is 19.2 Å². The molecule has 2 aromatic rings. The molecule has 0 aliphatic carbocycles. The minimum atomic E-state index is 0.798. The zero-order chi connectivity index (χ0) is 12.4. The molecule has 0 aromatic carbocycles. The van der Waals surface area contributed by atoms with Gasteiger partial charge in [0.2, 0.25) is 0 Å². The SMILES string of the molecule is CNCC1CCN(Cc2cn3ccccc3n2)C1. The van der Waals surface area contributed by atoms with Crippen molar-refractivity contribution in [3.8, 4) is 0 Å². The molecule has 3 rings (SSSR count). The predicted molar refractivity (Wildman–Crippen MR) is 72.5 cm³/mol. The van der Waals surface area contributed by atoms with Gasteiger partial charge >= 0.3 is 0 Å². The number of nitrogens with zero attached hydrogens (tertiary/aromatic N) is 3. The maximum Gasteiger partial charge on any atom is 0.137 e. The van der Waals surface area contributed by atoms with Crippen molar-refractivity contribution in [2.24, 2.45) is 5.92 Å². The lowest BCUT2D eigenvalue weighted by atomic mass is 10.1. The second-order valence-corrected chi connectivity index (χ2v) is 5.15. The molecule has 0 radical (unpaired) electrons. The molecule has 2 aromatic heterocycles. The molecule has 1 aliphatic heterocycles. The van der Waals surface area contributed by atoms with Crippen LogP contribution < -0.4 is 5.32 Å². The third-order valence-electron chi connectivity index (χ3n) is 3.66. The van der Waals surface area contributed by atoms with E-state index in [0.29, 0.717) is 0 Å². The molecule has 4 nitrogen and oxygen atoms in total. The molecule has 3 heterocycles. The monoisotopic (exact) mass is 244 g/mol. The lowest BCUT2D eigenvalue weighted by Gasteiger charge is -2.14. The van der Waals surface area contributed by atoms with E-state index < -0.39 is 0 Å². The molecule has 1 N–H and O–H groups in total. The molecule has 1 fully saturated rings. The summed E-state index contributed by atoms with van der Waals surface area (Å²) in [5.74, 6) is 0.798. The fraction of sp³-hybridized carbons (Fsp3) is 0.500. The van der Waals surface area contributed by atoms with Crippen molar-refractivity contribution in [1.29, 1.82) is 0 Å². The van der Waals surface area contributed by atoms with Gasteiger partial charge in [0, 0.05) is 25.5 Å². The Hall–Kier alpha value is -1.39. The maximum absolute atomic E-state index is 4.65. The second-order valence-electron chi connectivity index (χ2n) is 5.15. The average Bonchev–Trinajstić information content (AvgIpc) is 2.96. The van der Waals surface area contributed by atoms with Crippen molar-refractivity contribution in [3.05, 3.63) is 36.3 Å². The molecule has 1 atom stereocenters. The first kappa shape index (κ1) is 11.7. The first-order valence-electron chi connectivity index (χ1n) is 6.65. The highest BCUT2D eigenvalue weighted by molar-refractivity contribution is 5.39. The number of pyridine rings is 1. The number of hydrogen-bond donors (Lipinski definition) is 1. The van der Waals surface area contributed by atoms with Gasteiger partial charge in [-0.1, -0.05) is 6.07 Å². The first-order chi connectivity index (χ1) is 8.85. The van der Waals surface area contributed by atoms with Crippen LogP contribution in [0.3, 0.4) is 0 Å². The van der Waals surface area contributed by atoms with Gasteiger partial charge in [0.15, 0.2) is 0 Å². The van der Waals surface area contributed by atoms with Crippen molar-refractivity contribution in [1.82, 2.24) is 19.6 Å². The normalized spacial score (nSPS) is 20.8. The van der Waals surface area contributed by atoms with Crippen molar-refractivity contribution in [2.45, 2.75) is 13.0 Å². The Morgan fingerprint density at radius 2 is 2.39 bits per heavy atom. The number of likely N-dealkylation sites (tertiary alicyclic amines) is 1. The van der Waals surface area contributed by atoms with Gasteiger partial charge < -0.3 is 9.72 Å². The maximum atomic E-state index is 4.65. The Bertz CT molecular complexity index is 486. The number of aromatic nitrogens is 2. The minimum Gasteiger partial charge on any atom is -0.319 e. The summed E-state index contributed by atoms with van der Waals surface area (Å²) in [7, 11) is 2.03. The van der Waals surface area contributed by atoms with E-state index in [-0.39, 0.29) is 0 Å². The van der Waals surface area contributed by atoms with Gasteiger partial charge in [0.25, 0.3) is 0 Å². The van der Waals surface area contributed by atoms with E-state index in [1.54, 1.807) is 0 Å². The molecular formula is C14H20N4. The molecule has 18 heavy (non-hydrogen) atoms. The molecule has 4 heteroatoms. The van der Waals surface area contributed by atoms with E-state index in [0.717, 1.165) is 24.7 Å². The fourth-order valence-corrected chi connectivity index (χ4v) is 2.80. The predicted octanol–water partition coefficient (Wildman–Crippen LogP) is 1.38. The number of nitrogens with one attached hydrogen (secondary N) is 1. The van der Waals surface area contributed by atoms with E-state index in [4.69, 9.17) is 0 Å². The summed E-state index contributed by atoms with van der Waals surface area (Å²) in [5.41, 5.74) is 2.21. The highest BCUT2D eigenvalue weighted by Gasteiger charge is 2.22. The number of hydrogen-bond acceptors (Lipinski definition) is 3. The van der Waals surface area contributed by atoms with Crippen LogP contribution in [0, 0.1) is 5.92 Å². The summed E-state index contributed by atoms with van der Waals surface area (Å²) in [5, 5.41) is 3.27. The Morgan fingerprint density at radius 3 is 3.22 bits per heavy atom. The molecule has 0 saturated carbocycles. The standard InChI is InChI=1S/C14H20N4/c1-15-8-12-5-7-17(9-12)10-13-11-18-6-3-2-4-14(18)16-13/h2-4,6,11-12,15H,5,7-10H2,1H3. The Labute approximate surface area is 108 Å². The zero-order valence-electron chi connectivity index (χ0n) is 10.8. The molecule has 96 valence electrons. The van der Waals surface area contributed by atoms with E-state index in [2.05, 4.69) is 38.1 Å². The fourth-order valence-electron chi connectivity index (χ4n) is 2.80. The molecule has 1 saturated heterocycles. The van der Waals surface area contributed by atoms with Crippen LogP contribution in [0.5, 0.6) is 0 Å². The smallest absolute Gasteiger partial charge is 0.137 e. The average molecular weight is 244 g/mol. The van der Waals surface area contributed by atoms with Gasteiger partial charge in [-0.2, -0.15) is 0 Å². The highest BCUT2D eigenvalue weighted by Crippen LogP contribution is 2.18. The second kappa shape index (κ2) is 5.08.